The summed E-state index contributed by atoms with van der Waals surface area (Å²) in [7, 11) is 1.63. The average Bonchev–Trinajstić information content (AvgIpc) is 2.92. The predicted octanol–water partition coefficient (Wildman–Crippen LogP) is 0.969. The molecule has 4 N–H and O–H groups in total. The molecule has 114 valence electrons. The summed E-state index contributed by atoms with van der Waals surface area (Å²) in [6, 6.07) is 0. The van der Waals surface area contributed by atoms with E-state index in [4.69, 9.17) is 0 Å². The van der Waals surface area contributed by atoms with Crippen molar-refractivity contribution < 1.29 is 4.79 Å². The molecule has 21 heavy (non-hydrogen) atoms. The Hall–Kier alpha value is -2.38. The molecule has 2 aromatic rings. The lowest BCUT2D eigenvalue weighted by Crippen LogP contribution is -2.39. The van der Waals surface area contributed by atoms with Crippen LogP contribution in [0, 0.1) is 5.41 Å². The van der Waals surface area contributed by atoms with Crippen molar-refractivity contribution in [3.8, 4) is 0 Å². The van der Waals surface area contributed by atoms with Gasteiger partial charge in [-0.1, -0.05) is 0 Å². The molecule has 0 spiro atoms. The molecule has 0 saturated carbocycles. The van der Waals surface area contributed by atoms with Crippen molar-refractivity contribution in [2.75, 3.05) is 30.8 Å². The van der Waals surface area contributed by atoms with E-state index in [0.29, 0.717) is 24.0 Å². The maximum Gasteiger partial charge on any atom is 0.227 e. The van der Waals surface area contributed by atoms with E-state index in [1.807, 2.05) is 20.8 Å². The van der Waals surface area contributed by atoms with Crippen LogP contribution in [0.1, 0.15) is 20.8 Å². The Balaban J connectivity index is 2.24. The molecular formula is C13H21N7O. The summed E-state index contributed by atoms with van der Waals surface area (Å²) >= 11 is 0. The summed E-state index contributed by atoms with van der Waals surface area (Å²) < 4.78 is 0. The number of carbonyl (C=O) groups is 1. The number of rotatable bonds is 6. The Morgan fingerprint density at radius 1 is 1.33 bits per heavy atom. The van der Waals surface area contributed by atoms with E-state index in [2.05, 4.69) is 35.9 Å². The van der Waals surface area contributed by atoms with Crippen molar-refractivity contribution >= 4 is 28.8 Å². The van der Waals surface area contributed by atoms with Gasteiger partial charge in [-0.2, -0.15) is 9.97 Å². The topological polar surface area (TPSA) is 108 Å². The summed E-state index contributed by atoms with van der Waals surface area (Å²) in [5.41, 5.74) is 0.760. The third-order valence-electron chi connectivity index (χ3n) is 3.16. The fourth-order valence-electron chi connectivity index (χ4n) is 1.92. The van der Waals surface area contributed by atoms with Crippen molar-refractivity contribution in [1.82, 2.24) is 25.3 Å². The van der Waals surface area contributed by atoms with E-state index >= 15 is 0 Å². The molecule has 0 fully saturated rings. The van der Waals surface area contributed by atoms with Gasteiger partial charge >= 0.3 is 0 Å². The lowest BCUT2D eigenvalue weighted by atomic mass is 9.92. The number of hydrogen-bond donors (Lipinski definition) is 4. The molecule has 0 unspecified atom stereocenters. The molecule has 0 radical (unpaired) electrons. The molecule has 0 aliphatic rings. The van der Waals surface area contributed by atoms with Gasteiger partial charge in [0.2, 0.25) is 11.9 Å². The van der Waals surface area contributed by atoms with E-state index in [-0.39, 0.29) is 5.91 Å². The fourth-order valence-corrected chi connectivity index (χ4v) is 1.92. The first-order valence-electron chi connectivity index (χ1n) is 6.89. The molecule has 0 aliphatic heterocycles. The van der Waals surface area contributed by atoms with Crippen LogP contribution in [-0.4, -0.2) is 46.0 Å². The van der Waals surface area contributed by atoms with Gasteiger partial charge in [-0.05, 0) is 20.8 Å². The SMILES string of the molecule is CCNc1nc(NCC(C)(C)C(=O)NC)c2[nH]cnc2n1. The summed E-state index contributed by atoms with van der Waals surface area (Å²) in [6.45, 7) is 6.88. The zero-order valence-electron chi connectivity index (χ0n) is 12.7. The first-order valence-corrected chi connectivity index (χ1v) is 6.89. The zero-order chi connectivity index (χ0) is 15.5. The van der Waals surface area contributed by atoms with Gasteiger partial charge in [0.05, 0.1) is 11.7 Å². The molecule has 2 heterocycles. The van der Waals surface area contributed by atoms with Crippen LogP contribution in [0.2, 0.25) is 0 Å². The Morgan fingerprint density at radius 2 is 2.10 bits per heavy atom. The lowest BCUT2D eigenvalue weighted by molar-refractivity contribution is -0.128. The van der Waals surface area contributed by atoms with Crippen LogP contribution in [0.25, 0.3) is 11.2 Å². The molecule has 0 aromatic carbocycles. The van der Waals surface area contributed by atoms with Crippen LogP contribution in [-0.2, 0) is 4.79 Å². The van der Waals surface area contributed by atoms with Crippen LogP contribution in [0.5, 0.6) is 0 Å². The first kappa shape index (κ1) is 15.0. The van der Waals surface area contributed by atoms with Crippen LogP contribution in [0.3, 0.4) is 0 Å². The van der Waals surface area contributed by atoms with E-state index in [1.165, 1.54) is 0 Å². The molecule has 0 atom stereocenters. The van der Waals surface area contributed by atoms with Crippen molar-refractivity contribution in [3.05, 3.63) is 6.33 Å². The number of aromatic nitrogens is 4. The number of anilines is 2. The minimum absolute atomic E-state index is 0.0307. The van der Waals surface area contributed by atoms with E-state index < -0.39 is 5.41 Å². The lowest BCUT2D eigenvalue weighted by Gasteiger charge is -2.23. The number of nitrogens with zero attached hydrogens (tertiary/aromatic N) is 3. The van der Waals surface area contributed by atoms with E-state index in [1.54, 1.807) is 13.4 Å². The smallest absolute Gasteiger partial charge is 0.227 e. The maximum atomic E-state index is 11.8. The van der Waals surface area contributed by atoms with Crippen LogP contribution >= 0.6 is 0 Å². The first-order chi connectivity index (χ1) is 9.97. The van der Waals surface area contributed by atoms with Crippen molar-refractivity contribution in [2.45, 2.75) is 20.8 Å². The maximum absolute atomic E-state index is 11.8. The molecule has 0 bridgehead atoms. The highest BCUT2D eigenvalue weighted by Crippen LogP contribution is 2.21. The number of amides is 1. The second kappa shape index (κ2) is 5.94. The number of fused-ring (bicyclic) bond motifs is 1. The molecule has 0 saturated heterocycles. The van der Waals surface area contributed by atoms with Crippen molar-refractivity contribution in [2.24, 2.45) is 5.41 Å². The second-order valence-corrected chi connectivity index (χ2v) is 5.34. The summed E-state index contributed by atoms with van der Waals surface area (Å²) in [4.78, 5) is 27.7. The molecule has 8 heteroatoms. The monoisotopic (exact) mass is 291 g/mol. The normalized spacial score (nSPS) is 11.4. The molecule has 0 aliphatic carbocycles. The number of nitrogens with one attached hydrogen (secondary N) is 4. The van der Waals surface area contributed by atoms with Gasteiger partial charge in [0.15, 0.2) is 11.5 Å². The van der Waals surface area contributed by atoms with E-state index in [0.717, 1.165) is 12.1 Å². The Bertz CT molecular complexity index is 634. The van der Waals surface area contributed by atoms with Gasteiger partial charge in [0.1, 0.15) is 5.52 Å². The molecule has 1 amide bonds. The van der Waals surface area contributed by atoms with Crippen molar-refractivity contribution in [3.63, 3.8) is 0 Å². The summed E-state index contributed by atoms with van der Waals surface area (Å²) in [6.07, 6.45) is 1.57. The number of hydrogen-bond acceptors (Lipinski definition) is 6. The number of H-pyrrole nitrogens is 1. The van der Waals surface area contributed by atoms with Crippen LogP contribution in [0.4, 0.5) is 11.8 Å². The van der Waals surface area contributed by atoms with Gasteiger partial charge < -0.3 is 20.9 Å². The largest absolute Gasteiger partial charge is 0.367 e. The number of imidazole rings is 1. The van der Waals surface area contributed by atoms with Gasteiger partial charge in [0.25, 0.3) is 0 Å². The van der Waals surface area contributed by atoms with Gasteiger partial charge in [0, 0.05) is 20.1 Å². The third-order valence-corrected chi connectivity index (χ3v) is 3.16. The quantitative estimate of drug-likeness (QED) is 0.631. The Kier molecular flexibility index (Phi) is 4.25. The predicted molar refractivity (Wildman–Crippen MR) is 82.2 cm³/mol. The summed E-state index contributed by atoms with van der Waals surface area (Å²) in [5.74, 6) is 1.11. The van der Waals surface area contributed by atoms with Gasteiger partial charge in [-0.15, -0.1) is 0 Å². The van der Waals surface area contributed by atoms with Crippen LogP contribution in [0.15, 0.2) is 6.33 Å². The number of aromatic amines is 1. The van der Waals surface area contributed by atoms with Gasteiger partial charge in [-0.25, -0.2) is 4.98 Å². The minimum atomic E-state index is -0.551. The van der Waals surface area contributed by atoms with Gasteiger partial charge in [-0.3, -0.25) is 4.79 Å². The highest BCUT2D eigenvalue weighted by molar-refractivity contribution is 5.85. The molecule has 2 aromatic heterocycles. The van der Waals surface area contributed by atoms with Crippen molar-refractivity contribution in [1.29, 1.82) is 0 Å². The van der Waals surface area contributed by atoms with Crippen LogP contribution < -0.4 is 16.0 Å². The molecular weight excluding hydrogens is 270 g/mol. The third kappa shape index (κ3) is 3.21. The minimum Gasteiger partial charge on any atom is -0.367 e. The molecule has 8 nitrogen and oxygen atoms in total. The average molecular weight is 291 g/mol. The highest BCUT2D eigenvalue weighted by Gasteiger charge is 2.26. The highest BCUT2D eigenvalue weighted by atomic mass is 16.2. The fraction of sp³-hybridized carbons (Fsp3) is 0.538. The Labute approximate surface area is 123 Å². The Morgan fingerprint density at radius 3 is 2.76 bits per heavy atom. The number of carbonyl (C=O) groups excluding carboxylic acids is 1. The second-order valence-electron chi connectivity index (χ2n) is 5.34. The summed E-state index contributed by atoms with van der Waals surface area (Å²) in [5, 5.41) is 8.93. The molecule has 2 rings (SSSR count). The standard InChI is InChI=1S/C13H21N7O/c1-5-15-12-19-9(8-10(20-12)18-7-17-8)16-6-13(2,3)11(21)14-4/h7H,5-6H2,1-4H3,(H,14,21)(H3,15,16,17,18,19,20). The van der Waals surface area contributed by atoms with E-state index in [9.17, 15) is 4.79 Å². The zero-order valence-corrected chi connectivity index (χ0v) is 12.7.